The third kappa shape index (κ3) is 2.37. The summed E-state index contributed by atoms with van der Waals surface area (Å²) >= 11 is 0. The maximum Gasteiger partial charge on any atom is 0.106 e. The zero-order chi connectivity index (χ0) is 9.80. The summed E-state index contributed by atoms with van der Waals surface area (Å²) in [4.78, 5) is 7.49. The molecule has 0 bridgehead atoms. The number of hydrogen-bond donors (Lipinski definition) is 1. The monoisotopic (exact) mass is 192 g/mol. The molecule has 1 aromatic rings. The minimum Gasteiger partial charge on any atom is -0.349 e. The van der Waals surface area contributed by atoms with Crippen LogP contribution in [0.1, 0.15) is 44.9 Å². The Balaban J connectivity index is 1.79. The Morgan fingerprint density at radius 1 is 1.29 bits per heavy atom. The molecule has 0 saturated heterocycles. The molecule has 0 amide bonds. The fraction of sp³-hybridized carbons (Fsp3) is 0.750. The normalized spacial score (nSPS) is 27.8. The van der Waals surface area contributed by atoms with Gasteiger partial charge in [0.1, 0.15) is 5.82 Å². The number of aromatic amines is 1. The summed E-state index contributed by atoms with van der Waals surface area (Å²) in [5, 5.41) is 0. The van der Waals surface area contributed by atoms with Crippen LogP contribution >= 0.6 is 0 Å². The number of hydrogen-bond acceptors (Lipinski definition) is 1. The second-order valence-electron chi connectivity index (χ2n) is 4.53. The van der Waals surface area contributed by atoms with E-state index < -0.39 is 0 Å². The molecule has 1 aromatic heterocycles. The highest BCUT2D eigenvalue weighted by molar-refractivity contribution is 4.90. The number of nitrogens with zero attached hydrogens (tertiary/aromatic N) is 1. The van der Waals surface area contributed by atoms with Crippen LogP contribution in [0.5, 0.6) is 0 Å². The van der Waals surface area contributed by atoms with E-state index >= 15 is 0 Å². The number of H-pyrrole nitrogens is 1. The van der Waals surface area contributed by atoms with E-state index in [4.69, 9.17) is 0 Å². The first-order valence-corrected chi connectivity index (χ1v) is 5.86. The van der Waals surface area contributed by atoms with Crippen molar-refractivity contribution in [2.24, 2.45) is 11.8 Å². The first-order chi connectivity index (χ1) is 6.88. The van der Waals surface area contributed by atoms with Crippen molar-refractivity contribution in [3.63, 3.8) is 0 Å². The molecule has 0 aliphatic heterocycles. The smallest absolute Gasteiger partial charge is 0.106 e. The highest BCUT2D eigenvalue weighted by Gasteiger charge is 2.20. The average molecular weight is 192 g/mol. The average Bonchev–Trinajstić information content (AvgIpc) is 2.72. The van der Waals surface area contributed by atoms with E-state index in [9.17, 15) is 0 Å². The van der Waals surface area contributed by atoms with E-state index in [2.05, 4.69) is 16.9 Å². The molecule has 2 heteroatoms. The van der Waals surface area contributed by atoms with Gasteiger partial charge in [-0.05, 0) is 24.7 Å². The topological polar surface area (TPSA) is 28.7 Å². The number of rotatable bonds is 3. The molecule has 0 unspecified atom stereocenters. The van der Waals surface area contributed by atoms with Crippen molar-refractivity contribution in [2.45, 2.75) is 45.4 Å². The third-order valence-corrected chi connectivity index (χ3v) is 3.58. The van der Waals surface area contributed by atoms with Crippen LogP contribution in [0.15, 0.2) is 12.4 Å². The van der Waals surface area contributed by atoms with Crippen LogP contribution in [0.25, 0.3) is 0 Å². The Bertz CT molecular complexity index is 245. The van der Waals surface area contributed by atoms with Crippen molar-refractivity contribution in [1.29, 1.82) is 0 Å². The quantitative estimate of drug-likeness (QED) is 0.783. The fourth-order valence-corrected chi connectivity index (χ4v) is 2.53. The van der Waals surface area contributed by atoms with Gasteiger partial charge in [-0.3, -0.25) is 0 Å². The van der Waals surface area contributed by atoms with Crippen molar-refractivity contribution in [3.05, 3.63) is 18.2 Å². The molecule has 1 aliphatic rings. The molecule has 14 heavy (non-hydrogen) atoms. The first-order valence-electron chi connectivity index (χ1n) is 5.86. The van der Waals surface area contributed by atoms with E-state index in [-0.39, 0.29) is 0 Å². The summed E-state index contributed by atoms with van der Waals surface area (Å²) in [6.45, 7) is 2.32. The molecule has 1 N–H and O–H groups in total. The molecule has 0 radical (unpaired) electrons. The minimum absolute atomic E-state index is 0.879. The minimum atomic E-state index is 0.879. The molecular weight excluding hydrogens is 172 g/mol. The van der Waals surface area contributed by atoms with E-state index in [0.717, 1.165) is 18.3 Å². The van der Waals surface area contributed by atoms with Gasteiger partial charge in [-0.15, -0.1) is 0 Å². The fourth-order valence-electron chi connectivity index (χ4n) is 2.53. The summed E-state index contributed by atoms with van der Waals surface area (Å²) in [6.07, 6.45) is 12.0. The van der Waals surface area contributed by atoms with Crippen LogP contribution in [-0.2, 0) is 6.42 Å². The van der Waals surface area contributed by atoms with E-state index in [1.165, 1.54) is 37.9 Å². The zero-order valence-electron chi connectivity index (χ0n) is 9.00. The Hall–Kier alpha value is -0.790. The van der Waals surface area contributed by atoms with Gasteiger partial charge < -0.3 is 4.98 Å². The number of nitrogens with one attached hydrogen (secondary N) is 1. The third-order valence-electron chi connectivity index (χ3n) is 3.58. The highest BCUT2D eigenvalue weighted by Crippen LogP contribution is 2.31. The number of imidazole rings is 1. The summed E-state index contributed by atoms with van der Waals surface area (Å²) in [7, 11) is 0. The standard InChI is InChI=1S/C12H20N2/c1-2-10-3-5-11(6-4-10)9-12-13-7-8-14-12/h7-8,10-11H,2-6,9H2,1H3,(H,13,14). The molecule has 2 rings (SSSR count). The molecule has 0 atom stereocenters. The van der Waals surface area contributed by atoms with Gasteiger partial charge >= 0.3 is 0 Å². The van der Waals surface area contributed by atoms with Crippen molar-refractivity contribution < 1.29 is 0 Å². The lowest BCUT2D eigenvalue weighted by Gasteiger charge is -2.27. The van der Waals surface area contributed by atoms with Crippen LogP contribution in [-0.4, -0.2) is 9.97 Å². The van der Waals surface area contributed by atoms with Crippen LogP contribution in [0.2, 0.25) is 0 Å². The Kier molecular flexibility index (Phi) is 3.22. The molecule has 1 heterocycles. The molecule has 1 saturated carbocycles. The predicted octanol–water partition coefficient (Wildman–Crippen LogP) is 3.17. The first kappa shape index (κ1) is 9.75. The van der Waals surface area contributed by atoms with Crippen molar-refractivity contribution in [1.82, 2.24) is 9.97 Å². The predicted molar refractivity (Wildman–Crippen MR) is 58.0 cm³/mol. The van der Waals surface area contributed by atoms with Gasteiger partial charge in [-0.1, -0.05) is 26.2 Å². The van der Waals surface area contributed by atoms with Gasteiger partial charge in [0.2, 0.25) is 0 Å². The molecule has 2 nitrogen and oxygen atoms in total. The largest absolute Gasteiger partial charge is 0.349 e. The SMILES string of the molecule is CCC1CCC(Cc2ncc[nH]2)CC1. The van der Waals surface area contributed by atoms with Crippen LogP contribution in [0.4, 0.5) is 0 Å². The van der Waals surface area contributed by atoms with E-state index in [0.29, 0.717) is 0 Å². The lowest BCUT2D eigenvalue weighted by Crippen LogP contribution is -2.16. The summed E-state index contributed by atoms with van der Waals surface area (Å²) in [5.41, 5.74) is 0. The van der Waals surface area contributed by atoms with Crippen LogP contribution in [0.3, 0.4) is 0 Å². The lowest BCUT2D eigenvalue weighted by molar-refractivity contribution is 0.266. The molecule has 1 aliphatic carbocycles. The van der Waals surface area contributed by atoms with Gasteiger partial charge in [0, 0.05) is 18.8 Å². The highest BCUT2D eigenvalue weighted by atomic mass is 14.9. The van der Waals surface area contributed by atoms with Gasteiger partial charge in [-0.25, -0.2) is 4.98 Å². The Labute approximate surface area is 86.1 Å². The lowest BCUT2D eigenvalue weighted by atomic mass is 9.79. The zero-order valence-corrected chi connectivity index (χ0v) is 9.00. The van der Waals surface area contributed by atoms with Crippen molar-refractivity contribution in [2.75, 3.05) is 0 Å². The molecule has 0 spiro atoms. The second-order valence-corrected chi connectivity index (χ2v) is 4.53. The Morgan fingerprint density at radius 3 is 2.57 bits per heavy atom. The maximum absolute atomic E-state index is 4.29. The molecule has 0 aromatic carbocycles. The second kappa shape index (κ2) is 4.63. The van der Waals surface area contributed by atoms with Crippen LogP contribution < -0.4 is 0 Å². The summed E-state index contributed by atoms with van der Waals surface area (Å²) in [5.74, 6) is 3.05. The van der Waals surface area contributed by atoms with Gasteiger partial charge in [-0.2, -0.15) is 0 Å². The van der Waals surface area contributed by atoms with Gasteiger partial charge in [0.05, 0.1) is 0 Å². The van der Waals surface area contributed by atoms with E-state index in [1.807, 2.05) is 12.4 Å². The van der Waals surface area contributed by atoms with Crippen LogP contribution in [0, 0.1) is 11.8 Å². The number of aromatic nitrogens is 2. The Morgan fingerprint density at radius 2 is 2.00 bits per heavy atom. The molecule has 1 fully saturated rings. The van der Waals surface area contributed by atoms with E-state index in [1.54, 1.807) is 0 Å². The molecular formula is C12H20N2. The summed E-state index contributed by atoms with van der Waals surface area (Å²) < 4.78 is 0. The van der Waals surface area contributed by atoms with Crippen molar-refractivity contribution >= 4 is 0 Å². The summed E-state index contributed by atoms with van der Waals surface area (Å²) in [6, 6.07) is 0. The van der Waals surface area contributed by atoms with Crippen molar-refractivity contribution in [3.8, 4) is 0 Å². The molecule has 78 valence electrons. The van der Waals surface area contributed by atoms with Gasteiger partial charge in [0.15, 0.2) is 0 Å². The van der Waals surface area contributed by atoms with Gasteiger partial charge in [0.25, 0.3) is 0 Å². The maximum atomic E-state index is 4.29.